The molecule has 1 fully saturated rings. The Balaban J connectivity index is 2.05. The molecule has 0 bridgehead atoms. The van der Waals surface area contributed by atoms with E-state index in [0.29, 0.717) is 6.04 Å². The average Bonchev–Trinajstić information content (AvgIpc) is 2.86. The number of hydrogen-bond donors (Lipinski definition) is 1. The monoisotopic (exact) mass is 188 g/mol. The molecule has 3 nitrogen and oxygen atoms in total. The van der Waals surface area contributed by atoms with Crippen LogP contribution in [0.5, 0.6) is 0 Å². The Labute approximate surface area is 82.1 Å². The third kappa shape index (κ3) is 1.21. The van der Waals surface area contributed by atoms with Crippen molar-refractivity contribution in [3.8, 4) is 0 Å². The van der Waals surface area contributed by atoms with Gasteiger partial charge in [-0.2, -0.15) is 0 Å². The van der Waals surface area contributed by atoms with E-state index in [0.717, 1.165) is 23.3 Å². The fraction of sp³-hybridized carbons (Fsp3) is 0.364. The van der Waals surface area contributed by atoms with Crippen LogP contribution < -0.4 is 5.32 Å². The van der Waals surface area contributed by atoms with Crippen molar-refractivity contribution in [3.05, 3.63) is 30.3 Å². The molecule has 0 spiro atoms. The first kappa shape index (κ1) is 8.00. The lowest BCUT2D eigenvalue weighted by atomic mass is 10.2. The highest BCUT2D eigenvalue weighted by molar-refractivity contribution is 5.76. The maximum absolute atomic E-state index is 5.75. The van der Waals surface area contributed by atoms with Gasteiger partial charge in [0.2, 0.25) is 0 Å². The van der Waals surface area contributed by atoms with E-state index in [1.165, 1.54) is 12.8 Å². The second kappa shape index (κ2) is 3.10. The first-order valence-electron chi connectivity index (χ1n) is 5.00. The van der Waals surface area contributed by atoms with E-state index in [1.54, 1.807) is 6.20 Å². The van der Waals surface area contributed by atoms with Gasteiger partial charge in [-0.1, -0.05) is 0 Å². The van der Waals surface area contributed by atoms with Crippen LogP contribution in [-0.4, -0.2) is 11.5 Å². The summed E-state index contributed by atoms with van der Waals surface area (Å²) in [6.07, 6.45) is 6.02. The molecule has 1 aliphatic rings. The minimum absolute atomic E-state index is 0.405. The van der Waals surface area contributed by atoms with Crippen LogP contribution >= 0.6 is 0 Å². The molecule has 1 saturated heterocycles. The minimum atomic E-state index is 0.405. The maximum Gasteiger partial charge on any atom is 0.137 e. The van der Waals surface area contributed by atoms with Crippen molar-refractivity contribution in [3.63, 3.8) is 0 Å². The Kier molecular flexibility index (Phi) is 1.77. The molecule has 72 valence electrons. The summed E-state index contributed by atoms with van der Waals surface area (Å²) < 4.78 is 5.75. The molecule has 0 amide bonds. The summed E-state index contributed by atoms with van der Waals surface area (Å²) in [6, 6.07) is 4.40. The molecule has 0 aliphatic carbocycles. The van der Waals surface area contributed by atoms with Gasteiger partial charge in [0.1, 0.15) is 11.3 Å². The first-order valence-corrected chi connectivity index (χ1v) is 5.00. The lowest BCUT2D eigenvalue weighted by Gasteiger charge is -2.04. The summed E-state index contributed by atoms with van der Waals surface area (Å²) in [7, 11) is 0. The van der Waals surface area contributed by atoms with Crippen molar-refractivity contribution in [2.75, 3.05) is 6.54 Å². The molecule has 3 heteroatoms. The summed E-state index contributed by atoms with van der Waals surface area (Å²) in [4.78, 5) is 4.07. The third-order valence-electron chi connectivity index (χ3n) is 2.74. The van der Waals surface area contributed by atoms with Gasteiger partial charge in [0.05, 0.1) is 6.04 Å². The number of nitrogens with zero attached hydrogens (tertiary/aromatic N) is 1. The Morgan fingerprint density at radius 3 is 3.29 bits per heavy atom. The number of pyridine rings is 1. The average molecular weight is 188 g/mol. The Hall–Kier alpha value is -1.35. The van der Waals surface area contributed by atoms with Crippen LogP contribution in [0.1, 0.15) is 24.6 Å². The van der Waals surface area contributed by atoms with Gasteiger partial charge >= 0.3 is 0 Å². The number of rotatable bonds is 1. The van der Waals surface area contributed by atoms with Crippen LogP contribution in [0.3, 0.4) is 0 Å². The zero-order valence-electron chi connectivity index (χ0n) is 7.86. The lowest BCUT2D eigenvalue weighted by Crippen LogP contribution is -2.11. The van der Waals surface area contributed by atoms with E-state index in [9.17, 15) is 0 Å². The van der Waals surface area contributed by atoms with Crippen LogP contribution in [-0.2, 0) is 0 Å². The normalized spacial score (nSPS) is 21.9. The molecule has 3 rings (SSSR count). The van der Waals surface area contributed by atoms with E-state index in [4.69, 9.17) is 4.42 Å². The molecule has 2 aromatic heterocycles. The van der Waals surface area contributed by atoms with Crippen molar-refractivity contribution in [2.24, 2.45) is 0 Å². The van der Waals surface area contributed by atoms with E-state index in [-0.39, 0.29) is 0 Å². The fourth-order valence-electron chi connectivity index (χ4n) is 2.00. The quantitative estimate of drug-likeness (QED) is 0.745. The van der Waals surface area contributed by atoms with E-state index >= 15 is 0 Å². The van der Waals surface area contributed by atoms with Crippen molar-refractivity contribution >= 4 is 11.0 Å². The van der Waals surface area contributed by atoms with Crippen LogP contribution in [0, 0.1) is 0 Å². The van der Waals surface area contributed by atoms with Crippen LogP contribution in [0.2, 0.25) is 0 Å². The van der Waals surface area contributed by atoms with Gasteiger partial charge in [0, 0.05) is 17.8 Å². The zero-order chi connectivity index (χ0) is 9.38. The second-order valence-corrected chi connectivity index (χ2v) is 3.71. The molecule has 1 N–H and O–H groups in total. The van der Waals surface area contributed by atoms with Crippen LogP contribution in [0.15, 0.2) is 28.9 Å². The molecular formula is C11H12N2O. The molecular weight excluding hydrogens is 176 g/mol. The molecule has 0 aromatic carbocycles. The number of furan rings is 1. The Bertz CT molecular complexity index is 410. The highest BCUT2D eigenvalue weighted by Crippen LogP contribution is 2.28. The van der Waals surface area contributed by atoms with E-state index < -0.39 is 0 Å². The third-order valence-corrected chi connectivity index (χ3v) is 2.74. The standard InChI is InChI=1S/C11H12N2O/c1-2-9(13-4-1)11-6-8-7-12-5-3-10(8)14-11/h3,5-7,9,13H,1-2,4H2. The molecule has 2 aromatic rings. The van der Waals surface area contributed by atoms with Gasteiger partial charge in [-0.3, -0.25) is 4.98 Å². The van der Waals surface area contributed by atoms with Gasteiger partial charge in [0.15, 0.2) is 0 Å². The molecule has 1 atom stereocenters. The highest BCUT2D eigenvalue weighted by Gasteiger charge is 2.19. The summed E-state index contributed by atoms with van der Waals surface area (Å²) in [6.45, 7) is 1.10. The number of hydrogen-bond acceptors (Lipinski definition) is 3. The van der Waals surface area contributed by atoms with Gasteiger partial charge in [-0.25, -0.2) is 0 Å². The van der Waals surface area contributed by atoms with Gasteiger partial charge in [-0.15, -0.1) is 0 Å². The summed E-state index contributed by atoms with van der Waals surface area (Å²) in [5, 5.41) is 4.51. The van der Waals surface area contributed by atoms with Crippen molar-refractivity contribution in [1.29, 1.82) is 0 Å². The topological polar surface area (TPSA) is 38.1 Å². The summed E-state index contributed by atoms with van der Waals surface area (Å²) in [5.41, 5.74) is 0.934. The number of fused-ring (bicyclic) bond motifs is 1. The van der Waals surface area contributed by atoms with E-state index in [1.807, 2.05) is 12.3 Å². The van der Waals surface area contributed by atoms with Crippen molar-refractivity contribution < 1.29 is 4.42 Å². The van der Waals surface area contributed by atoms with Crippen LogP contribution in [0.25, 0.3) is 11.0 Å². The van der Waals surface area contributed by atoms with E-state index in [2.05, 4.69) is 16.4 Å². The van der Waals surface area contributed by atoms with Crippen LogP contribution in [0.4, 0.5) is 0 Å². The lowest BCUT2D eigenvalue weighted by molar-refractivity contribution is 0.471. The maximum atomic E-state index is 5.75. The SMILES string of the molecule is c1cc2oc(C3CCCN3)cc2cn1. The number of aromatic nitrogens is 1. The Morgan fingerprint density at radius 2 is 2.50 bits per heavy atom. The molecule has 0 radical (unpaired) electrons. The predicted octanol–water partition coefficient (Wildman–Crippen LogP) is 2.25. The number of nitrogens with one attached hydrogen (secondary N) is 1. The van der Waals surface area contributed by atoms with Gasteiger partial charge in [0.25, 0.3) is 0 Å². The molecule has 14 heavy (non-hydrogen) atoms. The summed E-state index contributed by atoms with van der Waals surface area (Å²) >= 11 is 0. The fourth-order valence-corrected chi connectivity index (χ4v) is 2.00. The van der Waals surface area contributed by atoms with Crippen molar-refractivity contribution in [1.82, 2.24) is 10.3 Å². The first-order chi connectivity index (χ1) is 6.93. The van der Waals surface area contributed by atoms with Gasteiger partial charge in [-0.05, 0) is 31.5 Å². The van der Waals surface area contributed by atoms with Crippen molar-refractivity contribution in [2.45, 2.75) is 18.9 Å². The summed E-state index contributed by atoms with van der Waals surface area (Å²) in [5.74, 6) is 1.05. The van der Waals surface area contributed by atoms with Gasteiger partial charge < -0.3 is 9.73 Å². The highest BCUT2D eigenvalue weighted by atomic mass is 16.3. The second-order valence-electron chi connectivity index (χ2n) is 3.71. The smallest absolute Gasteiger partial charge is 0.137 e. The largest absolute Gasteiger partial charge is 0.459 e. The molecule has 1 unspecified atom stereocenters. The Morgan fingerprint density at radius 1 is 1.50 bits per heavy atom. The molecule has 0 saturated carbocycles. The minimum Gasteiger partial charge on any atom is -0.459 e. The molecule has 3 heterocycles. The molecule has 1 aliphatic heterocycles. The predicted molar refractivity (Wildman–Crippen MR) is 54.0 cm³/mol. The zero-order valence-corrected chi connectivity index (χ0v) is 7.86.